The second kappa shape index (κ2) is 6.05. The van der Waals surface area contributed by atoms with Gasteiger partial charge in [-0.05, 0) is 41.5 Å². The number of benzene rings is 2. The number of hydrogen-bond donors (Lipinski definition) is 0. The van der Waals surface area contributed by atoms with E-state index in [0.717, 1.165) is 31.4 Å². The minimum absolute atomic E-state index is 0.0420. The lowest BCUT2D eigenvalue weighted by molar-refractivity contribution is -0.274. The van der Waals surface area contributed by atoms with E-state index >= 15 is 0 Å². The Morgan fingerprint density at radius 3 is 2.41 bits per heavy atom. The van der Waals surface area contributed by atoms with Crippen LogP contribution in [0.5, 0.6) is 5.75 Å². The molecule has 0 saturated heterocycles. The summed E-state index contributed by atoms with van der Waals surface area (Å²) < 4.78 is 58.5. The van der Waals surface area contributed by atoms with E-state index in [1.165, 1.54) is 18.2 Å². The van der Waals surface area contributed by atoms with Crippen LogP contribution in [0.2, 0.25) is 0 Å². The molecular weight excluding hydrogens is 304 g/mol. The smallest absolute Gasteiger partial charge is 0.465 e. The van der Waals surface area contributed by atoms with Gasteiger partial charge in [0.1, 0.15) is 11.6 Å². The molecule has 0 aliphatic rings. The molecule has 2 aromatic carbocycles. The standard InChI is InChI=1S/C15H10F4O3/c1-21-14(20)11-5-10(6-12(16)7-11)9-3-2-4-13(8-9)22-15(17,18)19/h2-8H,1H3. The Morgan fingerprint density at radius 2 is 1.77 bits per heavy atom. The summed E-state index contributed by atoms with van der Waals surface area (Å²) in [4.78, 5) is 11.4. The number of alkyl halides is 3. The van der Waals surface area contributed by atoms with Crippen LogP contribution in [0.25, 0.3) is 11.1 Å². The number of methoxy groups -OCH3 is 1. The third kappa shape index (κ3) is 3.97. The fourth-order valence-corrected chi connectivity index (χ4v) is 1.86. The van der Waals surface area contributed by atoms with Crippen LogP contribution in [0, 0.1) is 5.82 Å². The van der Waals surface area contributed by atoms with Crippen LogP contribution >= 0.6 is 0 Å². The van der Waals surface area contributed by atoms with Crippen molar-refractivity contribution < 1.29 is 31.8 Å². The Hall–Kier alpha value is -2.57. The van der Waals surface area contributed by atoms with E-state index < -0.39 is 23.9 Å². The van der Waals surface area contributed by atoms with Crippen LogP contribution < -0.4 is 4.74 Å². The second-order valence-corrected chi connectivity index (χ2v) is 4.30. The minimum Gasteiger partial charge on any atom is -0.465 e. The number of halogens is 4. The average molecular weight is 314 g/mol. The van der Waals surface area contributed by atoms with E-state index in [1.807, 2.05) is 0 Å². The van der Waals surface area contributed by atoms with E-state index in [9.17, 15) is 22.4 Å². The molecule has 0 radical (unpaired) electrons. The Morgan fingerprint density at radius 1 is 1.05 bits per heavy atom. The molecule has 22 heavy (non-hydrogen) atoms. The van der Waals surface area contributed by atoms with Gasteiger partial charge in [0.15, 0.2) is 0 Å². The largest absolute Gasteiger partial charge is 0.573 e. The van der Waals surface area contributed by atoms with Crippen molar-refractivity contribution in [3.63, 3.8) is 0 Å². The quantitative estimate of drug-likeness (QED) is 0.630. The number of hydrogen-bond acceptors (Lipinski definition) is 3. The molecule has 0 atom stereocenters. The molecule has 3 nitrogen and oxygen atoms in total. The first-order valence-electron chi connectivity index (χ1n) is 6.03. The maximum absolute atomic E-state index is 13.6. The summed E-state index contributed by atoms with van der Waals surface area (Å²) in [7, 11) is 1.14. The molecule has 0 heterocycles. The van der Waals surface area contributed by atoms with Crippen molar-refractivity contribution in [3.05, 3.63) is 53.8 Å². The van der Waals surface area contributed by atoms with E-state index in [2.05, 4.69) is 9.47 Å². The topological polar surface area (TPSA) is 35.5 Å². The fourth-order valence-electron chi connectivity index (χ4n) is 1.86. The maximum atomic E-state index is 13.6. The molecule has 2 rings (SSSR count). The predicted molar refractivity (Wildman–Crippen MR) is 69.9 cm³/mol. The zero-order valence-electron chi connectivity index (χ0n) is 11.3. The highest BCUT2D eigenvalue weighted by Crippen LogP contribution is 2.29. The number of carbonyl (C=O) groups excluding carboxylic acids is 1. The van der Waals surface area contributed by atoms with Crippen molar-refractivity contribution >= 4 is 5.97 Å². The Labute approximate surface area is 123 Å². The van der Waals surface area contributed by atoms with Gasteiger partial charge in [0.2, 0.25) is 0 Å². The molecule has 0 aliphatic carbocycles. The molecule has 7 heteroatoms. The fraction of sp³-hybridized carbons (Fsp3) is 0.133. The van der Waals surface area contributed by atoms with Gasteiger partial charge in [0, 0.05) is 0 Å². The Balaban J connectivity index is 2.41. The molecule has 0 amide bonds. The summed E-state index contributed by atoms with van der Waals surface area (Å²) in [5.74, 6) is -1.89. The van der Waals surface area contributed by atoms with Crippen molar-refractivity contribution in [2.24, 2.45) is 0 Å². The van der Waals surface area contributed by atoms with E-state index in [0.29, 0.717) is 0 Å². The Kier molecular flexibility index (Phi) is 4.35. The van der Waals surface area contributed by atoms with Gasteiger partial charge in [0.05, 0.1) is 12.7 Å². The summed E-state index contributed by atoms with van der Waals surface area (Å²) in [5.41, 5.74) is 0.457. The second-order valence-electron chi connectivity index (χ2n) is 4.30. The number of rotatable bonds is 3. The summed E-state index contributed by atoms with van der Waals surface area (Å²) in [6.07, 6.45) is -4.82. The maximum Gasteiger partial charge on any atom is 0.573 e. The number of carbonyl (C=O) groups is 1. The number of esters is 1. The summed E-state index contributed by atoms with van der Waals surface area (Å²) in [6.45, 7) is 0. The zero-order valence-corrected chi connectivity index (χ0v) is 11.3. The van der Waals surface area contributed by atoms with Gasteiger partial charge in [-0.15, -0.1) is 13.2 Å². The molecule has 0 fully saturated rings. The molecule has 0 aromatic heterocycles. The van der Waals surface area contributed by atoms with E-state index in [1.54, 1.807) is 0 Å². The van der Waals surface area contributed by atoms with Crippen LogP contribution in [-0.4, -0.2) is 19.4 Å². The van der Waals surface area contributed by atoms with Crippen LogP contribution in [-0.2, 0) is 4.74 Å². The normalized spacial score (nSPS) is 11.1. The highest BCUT2D eigenvalue weighted by atomic mass is 19.4. The molecule has 0 bridgehead atoms. The Bertz CT molecular complexity index is 695. The minimum atomic E-state index is -4.82. The lowest BCUT2D eigenvalue weighted by Gasteiger charge is -2.10. The van der Waals surface area contributed by atoms with Gasteiger partial charge in [0.25, 0.3) is 0 Å². The number of ether oxygens (including phenoxy) is 2. The molecule has 0 unspecified atom stereocenters. The summed E-state index contributed by atoms with van der Waals surface area (Å²) in [5, 5.41) is 0. The van der Waals surface area contributed by atoms with Gasteiger partial charge < -0.3 is 9.47 Å². The highest BCUT2D eigenvalue weighted by Gasteiger charge is 2.31. The van der Waals surface area contributed by atoms with Crippen LogP contribution in [0.4, 0.5) is 17.6 Å². The van der Waals surface area contributed by atoms with Crippen molar-refractivity contribution in [2.45, 2.75) is 6.36 Å². The van der Waals surface area contributed by atoms with Gasteiger partial charge in [-0.3, -0.25) is 0 Å². The first-order chi connectivity index (χ1) is 10.3. The first-order valence-corrected chi connectivity index (χ1v) is 6.03. The van der Waals surface area contributed by atoms with Gasteiger partial charge in [-0.1, -0.05) is 12.1 Å². The first kappa shape index (κ1) is 15.8. The molecule has 0 saturated carbocycles. The van der Waals surface area contributed by atoms with Crippen molar-refractivity contribution in [2.75, 3.05) is 7.11 Å². The lowest BCUT2D eigenvalue weighted by Crippen LogP contribution is -2.17. The third-order valence-electron chi connectivity index (χ3n) is 2.72. The molecule has 116 valence electrons. The monoisotopic (exact) mass is 314 g/mol. The summed E-state index contributed by atoms with van der Waals surface area (Å²) in [6, 6.07) is 8.42. The van der Waals surface area contributed by atoms with Gasteiger partial charge >= 0.3 is 12.3 Å². The SMILES string of the molecule is COC(=O)c1cc(F)cc(-c2cccc(OC(F)(F)F)c2)c1. The van der Waals surface area contributed by atoms with Crippen molar-refractivity contribution in [1.29, 1.82) is 0 Å². The molecule has 2 aromatic rings. The average Bonchev–Trinajstić information content (AvgIpc) is 2.44. The van der Waals surface area contributed by atoms with Crippen molar-refractivity contribution in [1.82, 2.24) is 0 Å². The lowest BCUT2D eigenvalue weighted by atomic mass is 10.0. The van der Waals surface area contributed by atoms with E-state index in [4.69, 9.17) is 0 Å². The molecular formula is C15H10F4O3. The molecule has 0 spiro atoms. The van der Waals surface area contributed by atoms with Crippen LogP contribution in [0.1, 0.15) is 10.4 Å². The predicted octanol–water partition coefficient (Wildman–Crippen LogP) is 4.18. The summed E-state index contributed by atoms with van der Waals surface area (Å²) >= 11 is 0. The van der Waals surface area contributed by atoms with Gasteiger partial charge in [-0.25, -0.2) is 9.18 Å². The van der Waals surface area contributed by atoms with Crippen LogP contribution in [0.3, 0.4) is 0 Å². The van der Waals surface area contributed by atoms with E-state index in [-0.39, 0.29) is 16.7 Å². The highest BCUT2D eigenvalue weighted by molar-refractivity contribution is 5.91. The van der Waals surface area contributed by atoms with Crippen molar-refractivity contribution in [3.8, 4) is 16.9 Å². The van der Waals surface area contributed by atoms with Gasteiger partial charge in [-0.2, -0.15) is 0 Å². The zero-order chi connectivity index (χ0) is 16.3. The molecule has 0 N–H and O–H groups in total. The molecule has 0 aliphatic heterocycles. The van der Waals surface area contributed by atoms with Crippen LogP contribution in [0.15, 0.2) is 42.5 Å². The third-order valence-corrected chi connectivity index (χ3v) is 2.72.